The summed E-state index contributed by atoms with van der Waals surface area (Å²) in [5.41, 5.74) is 1.87. The van der Waals surface area contributed by atoms with E-state index in [1.807, 2.05) is 51.1 Å². The molecule has 2 N–H and O–H groups in total. The number of benzene rings is 2. The van der Waals surface area contributed by atoms with Gasteiger partial charge in [0.05, 0.1) is 4.90 Å². The number of nitrogens with one attached hydrogen (secondary N) is 2. The monoisotopic (exact) mass is 388 g/mol. The molecule has 2 aromatic carbocycles. The van der Waals surface area contributed by atoms with Crippen molar-refractivity contribution in [2.24, 2.45) is 0 Å². The minimum Gasteiger partial charge on any atom is -0.352 e. The quantitative estimate of drug-likeness (QED) is 0.693. The van der Waals surface area contributed by atoms with Crippen LogP contribution in [0.2, 0.25) is 0 Å². The maximum atomic E-state index is 12.8. The lowest BCUT2D eigenvalue weighted by molar-refractivity contribution is -0.123. The van der Waals surface area contributed by atoms with Gasteiger partial charge in [0.1, 0.15) is 6.04 Å². The molecule has 2 aromatic rings. The van der Waals surface area contributed by atoms with E-state index in [0.717, 1.165) is 24.0 Å². The van der Waals surface area contributed by atoms with Crippen molar-refractivity contribution < 1.29 is 13.2 Å². The second-order valence-corrected chi connectivity index (χ2v) is 8.59. The van der Waals surface area contributed by atoms with Gasteiger partial charge in [-0.2, -0.15) is 4.72 Å². The molecule has 0 radical (unpaired) electrons. The third-order valence-corrected chi connectivity index (χ3v) is 5.83. The van der Waals surface area contributed by atoms with Crippen LogP contribution in [0.15, 0.2) is 59.5 Å². The topological polar surface area (TPSA) is 75.3 Å². The van der Waals surface area contributed by atoms with Gasteiger partial charge in [0.2, 0.25) is 15.9 Å². The van der Waals surface area contributed by atoms with Crippen LogP contribution in [0.1, 0.15) is 37.8 Å². The first-order chi connectivity index (χ1) is 12.8. The van der Waals surface area contributed by atoms with Crippen molar-refractivity contribution in [3.63, 3.8) is 0 Å². The molecule has 0 aliphatic rings. The van der Waals surface area contributed by atoms with E-state index in [1.54, 1.807) is 24.3 Å². The summed E-state index contributed by atoms with van der Waals surface area (Å²) in [6.07, 6.45) is 2.07. The summed E-state index contributed by atoms with van der Waals surface area (Å²) >= 11 is 0. The molecule has 0 fully saturated rings. The summed E-state index contributed by atoms with van der Waals surface area (Å²) in [7, 11) is -3.80. The van der Waals surface area contributed by atoms with Crippen LogP contribution in [-0.4, -0.2) is 26.4 Å². The number of amides is 1. The lowest BCUT2D eigenvalue weighted by Gasteiger charge is -2.21. The predicted octanol–water partition coefficient (Wildman–Crippen LogP) is 3.19. The molecule has 0 aliphatic carbocycles. The van der Waals surface area contributed by atoms with Crippen LogP contribution in [0, 0.1) is 6.92 Å². The van der Waals surface area contributed by atoms with Gasteiger partial charge in [-0.05, 0) is 44.4 Å². The highest BCUT2D eigenvalue weighted by Crippen LogP contribution is 2.13. The summed E-state index contributed by atoms with van der Waals surface area (Å²) in [6.45, 7) is 5.87. The molecule has 0 aromatic heterocycles. The van der Waals surface area contributed by atoms with E-state index in [-0.39, 0.29) is 23.3 Å². The zero-order valence-corrected chi connectivity index (χ0v) is 16.9. The van der Waals surface area contributed by atoms with Gasteiger partial charge >= 0.3 is 0 Å². The Labute approximate surface area is 162 Å². The Bertz CT molecular complexity index is 833. The first kappa shape index (κ1) is 21.1. The largest absolute Gasteiger partial charge is 0.352 e. The minimum atomic E-state index is -3.80. The SMILES string of the molecule is CCCC(C)NC(=O)C(Cc1ccccc1)NS(=O)(=O)c1ccc(C)cc1. The van der Waals surface area contributed by atoms with Crippen molar-refractivity contribution in [3.05, 3.63) is 65.7 Å². The summed E-state index contributed by atoms with van der Waals surface area (Å²) in [5.74, 6) is -0.310. The molecule has 0 aliphatic heterocycles. The molecule has 2 rings (SSSR count). The second kappa shape index (κ2) is 9.67. The van der Waals surface area contributed by atoms with E-state index < -0.39 is 16.1 Å². The number of hydrogen-bond donors (Lipinski definition) is 2. The summed E-state index contributed by atoms with van der Waals surface area (Å²) in [6, 6.07) is 15.1. The average molecular weight is 389 g/mol. The van der Waals surface area contributed by atoms with Gasteiger partial charge < -0.3 is 5.32 Å². The second-order valence-electron chi connectivity index (χ2n) is 6.87. The Hall–Kier alpha value is -2.18. The molecule has 6 heteroatoms. The number of rotatable bonds is 9. The third-order valence-electron chi connectivity index (χ3n) is 4.34. The Kier molecular flexibility index (Phi) is 7.56. The fraction of sp³-hybridized carbons (Fsp3) is 0.381. The highest BCUT2D eigenvalue weighted by Gasteiger charge is 2.26. The number of sulfonamides is 1. The molecular formula is C21H28N2O3S. The maximum absolute atomic E-state index is 12.8. The number of hydrogen-bond acceptors (Lipinski definition) is 3. The van der Waals surface area contributed by atoms with E-state index >= 15 is 0 Å². The summed E-state index contributed by atoms with van der Waals surface area (Å²) in [4.78, 5) is 12.9. The standard InChI is InChI=1S/C21H28N2O3S/c1-4-8-17(3)22-21(24)20(15-18-9-6-5-7-10-18)23-27(25,26)19-13-11-16(2)12-14-19/h5-7,9-14,17,20,23H,4,8,15H2,1-3H3,(H,22,24). The lowest BCUT2D eigenvalue weighted by Crippen LogP contribution is -2.50. The minimum absolute atomic E-state index is 0.00958. The number of aryl methyl sites for hydroxylation is 1. The first-order valence-electron chi connectivity index (χ1n) is 9.25. The van der Waals surface area contributed by atoms with Gasteiger partial charge in [0.25, 0.3) is 0 Å². The third kappa shape index (κ3) is 6.48. The van der Waals surface area contributed by atoms with Crippen LogP contribution < -0.4 is 10.0 Å². The number of carbonyl (C=O) groups excluding carboxylic acids is 1. The van der Waals surface area contributed by atoms with Crippen molar-refractivity contribution in [1.29, 1.82) is 0 Å². The van der Waals surface area contributed by atoms with E-state index in [4.69, 9.17) is 0 Å². The van der Waals surface area contributed by atoms with E-state index in [9.17, 15) is 13.2 Å². The Balaban J connectivity index is 2.22. The molecule has 0 spiro atoms. The predicted molar refractivity (Wildman–Crippen MR) is 108 cm³/mol. The molecule has 0 saturated heterocycles. The zero-order chi connectivity index (χ0) is 19.9. The van der Waals surface area contributed by atoms with Gasteiger partial charge in [0, 0.05) is 6.04 Å². The molecule has 0 bridgehead atoms. The normalized spacial score (nSPS) is 13.7. The van der Waals surface area contributed by atoms with Crippen LogP contribution in [0.3, 0.4) is 0 Å². The molecular weight excluding hydrogens is 360 g/mol. The Morgan fingerprint density at radius 3 is 2.26 bits per heavy atom. The van der Waals surface area contributed by atoms with Gasteiger partial charge in [-0.1, -0.05) is 61.4 Å². The maximum Gasteiger partial charge on any atom is 0.241 e. The fourth-order valence-electron chi connectivity index (χ4n) is 2.86. The Morgan fingerprint density at radius 1 is 1.04 bits per heavy atom. The Morgan fingerprint density at radius 2 is 1.67 bits per heavy atom. The van der Waals surface area contributed by atoms with Gasteiger partial charge in [0.15, 0.2) is 0 Å². The van der Waals surface area contributed by atoms with Crippen molar-refractivity contribution in [1.82, 2.24) is 10.0 Å². The summed E-state index contributed by atoms with van der Waals surface area (Å²) < 4.78 is 28.1. The molecule has 2 atom stereocenters. The average Bonchev–Trinajstić information content (AvgIpc) is 2.62. The van der Waals surface area contributed by atoms with Gasteiger partial charge in [-0.3, -0.25) is 4.79 Å². The fourth-order valence-corrected chi connectivity index (χ4v) is 4.05. The molecule has 0 heterocycles. The number of carbonyl (C=O) groups is 1. The molecule has 146 valence electrons. The molecule has 1 amide bonds. The highest BCUT2D eigenvalue weighted by atomic mass is 32.2. The van der Waals surface area contributed by atoms with E-state index in [1.165, 1.54) is 0 Å². The van der Waals surface area contributed by atoms with Crippen molar-refractivity contribution >= 4 is 15.9 Å². The summed E-state index contributed by atoms with van der Waals surface area (Å²) in [5, 5.41) is 2.92. The zero-order valence-electron chi connectivity index (χ0n) is 16.1. The van der Waals surface area contributed by atoms with Crippen molar-refractivity contribution in [2.45, 2.75) is 57.0 Å². The first-order valence-corrected chi connectivity index (χ1v) is 10.7. The van der Waals surface area contributed by atoms with Crippen LogP contribution in [0.4, 0.5) is 0 Å². The molecule has 27 heavy (non-hydrogen) atoms. The van der Waals surface area contributed by atoms with E-state index in [2.05, 4.69) is 10.0 Å². The van der Waals surface area contributed by atoms with Gasteiger partial charge in [-0.25, -0.2) is 8.42 Å². The van der Waals surface area contributed by atoms with Gasteiger partial charge in [-0.15, -0.1) is 0 Å². The van der Waals surface area contributed by atoms with Crippen LogP contribution >= 0.6 is 0 Å². The molecule has 5 nitrogen and oxygen atoms in total. The van der Waals surface area contributed by atoms with Crippen LogP contribution in [0.5, 0.6) is 0 Å². The highest BCUT2D eigenvalue weighted by molar-refractivity contribution is 7.89. The van der Waals surface area contributed by atoms with Crippen molar-refractivity contribution in [2.75, 3.05) is 0 Å². The smallest absolute Gasteiger partial charge is 0.241 e. The van der Waals surface area contributed by atoms with Crippen LogP contribution in [0.25, 0.3) is 0 Å². The van der Waals surface area contributed by atoms with Crippen LogP contribution in [-0.2, 0) is 21.2 Å². The lowest BCUT2D eigenvalue weighted by atomic mass is 10.1. The van der Waals surface area contributed by atoms with E-state index in [0.29, 0.717) is 0 Å². The van der Waals surface area contributed by atoms with Crippen molar-refractivity contribution in [3.8, 4) is 0 Å². The molecule has 2 unspecified atom stereocenters. The molecule has 0 saturated carbocycles.